The van der Waals surface area contributed by atoms with Crippen LogP contribution in [0.3, 0.4) is 0 Å². The first-order valence-corrected chi connectivity index (χ1v) is 28.9. The number of hydrogen-bond acceptors (Lipinski definition) is 9. The molecule has 0 amide bonds. The Kier molecular flexibility index (Phi) is 30.1. The van der Waals surface area contributed by atoms with Crippen molar-refractivity contribution in [1.29, 1.82) is 0 Å². The van der Waals surface area contributed by atoms with E-state index >= 15 is 0 Å². The summed E-state index contributed by atoms with van der Waals surface area (Å²) < 4.78 is 16.9. The molecule has 0 saturated heterocycles. The van der Waals surface area contributed by atoms with Gasteiger partial charge in [0.25, 0.3) is 0 Å². The average molecular weight is 1060 g/mol. The van der Waals surface area contributed by atoms with Crippen LogP contribution in [-0.4, -0.2) is 69.4 Å². The maximum atomic E-state index is 12.3. The van der Waals surface area contributed by atoms with Gasteiger partial charge in [0.2, 0.25) is 0 Å². The van der Waals surface area contributed by atoms with E-state index in [1.165, 1.54) is 108 Å². The van der Waals surface area contributed by atoms with Crippen molar-refractivity contribution in [1.82, 2.24) is 0 Å². The Balaban J connectivity index is 0.000000250. The van der Waals surface area contributed by atoms with Gasteiger partial charge in [0.1, 0.15) is 18.3 Å². The third kappa shape index (κ3) is 26.5. The second kappa shape index (κ2) is 36.7. The normalized spacial score (nSPS) is 20.3. The van der Waals surface area contributed by atoms with Crippen LogP contribution >= 0.6 is 0 Å². The number of unbranched alkanes of at least 4 members (excludes halogenated alkanes) is 8. The molecule has 3 saturated carbocycles. The van der Waals surface area contributed by atoms with Gasteiger partial charge in [-0.15, -0.1) is 0 Å². The van der Waals surface area contributed by atoms with Crippen LogP contribution in [0.5, 0.6) is 0 Å². The van der Waals surface area contributed by atoms with Gasteiger partial charge in [-0.3, -0.25) is 0 Å². The Hall–Kier alpha value is -6.30. The molecule has 3 N–H and O–H groups in total. The zero-order valence-electron chi connectivity index (χ0n) is 46.3. The van der Waals surface area contributed by atoms with E-state index in [1.54, 1.807) is 72.8 Å². The van der Waals surface area contributed by atoms with Gasteiger partial charge >= 0.3 is 35.8 Å². The SMILES string of the molecule is CCCCC1CCC(OC(=O)c2ccc(/C=C/C(=O)O)cc2)CC1.CCCCCCC1CCC(OC(=O)c2ccc(/C=C/C(=O)O)cc2)CC1.CCCCCCCC1CCC(OC(=O)c2ccc(/C=C/C(=O)O)cc2)CC1. The first kappa shape index (κ1) is 63.2. The van der Waals surface area contributed by atoms with Crippen LogP contribution in [0.15, 0.2) is 91.0 Å². The van der Waals surface area contributed by atoms with Crippen LogP contribution < -0.4 is 0 Å². The van der Waals surface area contributed by atoms with Gasteiger partial charge in [-0.2, -0.15) is 0 Å². The zero-order valence-corrected chi connectivity index (χ0v) is 46.3. The van der Waals surface area contributed by atoms with E-state index in [0.29, 0.717) is 16.7 Å². The third-order valence-corrected chi connectivity index (χ3v) is 15.0. The maximum absolute atomic E-state index is 12.3. The first-order valence-electron chi connectivity index (χ1n) is 28.9. The molecule has 0 atom stereocenters. The van der Waals surface area contributed by atoms with Gasteiger partial charge in [-0.1, -0.05) is 147 Å². The zero-order chi connectivity index (χ0) is 55.6. The van der Waals surface area contributed by atoms with Crippen molar-refractivity contribution in [3.05, 3.63) is 124 Å². The minimum atomic E-state index is -0.993. The molecular formula is C65H88O12. The molecule has 3 aliphatic rings. The second-order valence-corrected chi connectivity index (χ2v) is 21.2. The fourth-order valence-corrected chi connectivity index (χ4v) is 10.4. The Morgan fingerprint density at radius 2 is 0.610 bits per heavy atom. The summed E-state index contributed by atoms with van der Waals surface area (Å²) in [5.41, 5.74) is 3.77. The molecule has 0 radical (unpaired) electrons. The van der Waals surface area contributed by atoms with E-state index in [1.807, 2.05) is 0 Å². The molecule has 12 nitrogen and oxygen atoms in total. The Morgan fingerprint density at radius 3 is 0.870 bits per heavy atom. The van der Waals surface area contributed by atoms with Gasteiger partial charge < -0.3 is 29.5 Å². The van der Waals surface area contributed by atoms with Crippen LogP contribution in [0, 0.1) is 17.8 Å². The van der Waals surface area contributed by atoms with Crippen LogP contribution in [0.4, 0.5) is 0 Å². The lowest BCUT2D eigenvalue weighted by atomic mass is 9.84. The van der Waals surface area contributed by atoms with Crippen LogP contribution in [0.1, 0.15) is 235 Å². The third-order valence-electron chi connectivity index (χ3n) is 15.0. The monoisotopic (exact) mass is 1060 g/mol. The smallest absolute Gasteiger partial charge is 0.338 e. The minimum Gasteiger partial charge on any atom is -0.478 e. The fraction of sp³-hybridized carbons (Fsp3) is 0.538. The molecule has 0 aromatic heterocycles. The summed E-state index contributed by atoms with van der Waals surface area (Å²) in [6.07, 6.45) is 38.9. The molecule has 77 heavy (non-hydrogen) atoms. The molecule has 6 rings (SSSR count). The number of hydrogen-bond donors (Lipinski definition) is 3. The summed E-state index contributed by atoms with van der Waals surface area (Å²) in [6, 6.07) is 20.4. The van der Waals surface area contributed by atoms with Crippen molar-refractivity contribution in [2.45, 2.75) is 206 Å². The number of carbonyl (C=O) groups excluding carboxylic acids is 3. The number of ether oxygens (including phenoxy) is 3. The second-order valence-electron chi connectivity index (χ2n) is 21.2. The maximum Gasteiger partial charge on any atom is 0.338 e. The van der Waals surface area contributed by atoms with Crippen molar-refractivity contribution in [2.24, 2.45) is 17.8 Å². The van der Waals surface area contributed by atoms with Gasteiger partial charge in [0.05, 0.1) is 16.7 Å². The molecule has 12 heteroatoms. The molecule has 0 bridgehead atoms. The quantitative estimate of drug-likeness (QED) is 0.0299. The lowest BCUT2D eigenvalue weighted by Gasteiger charge is -2.28. The summed E-state index contributed by atoms with van der Waals surface area (Å²) in [5.74, 6) is -1.46. The number of aliphatic carboxylic acids is 3. The highest BCUT2D eigenvalue weighted by atomic mass is 16.6. The average Bonchev–Trinajstić information content (AvgIpc) is 3.44. The van der Waals surface area contributed by atoms with E-state index < -0.39 is 17.9 Å². The minimum absolute atomic E-state index is 0.0282. The highest BCUT2D eigenvalue weighted by Gasteiger charge is 2.27. The van der Waals surface area contributed by atoms with Gasteiger partial charge in [0, 0.05) is 18.2 Å². The van der Waals surface area contributed by atoms with Crippen molar-refractivity contribution in [2.75, 3.05) is 0 Å². The number of carboxylic acids is 3. The van der Waals surface area contributed by atoms with Gasteiger partial charge in [-0.25, -0.2) is 28.8 Å². The van der Waals surface area contributed by atoms with Crippen molar-refractivity contribution in [3.8, 4) is 0 Å². The summed E-state index contributed by atoms with van der Waals surface area (Å²) in [6.45, 7) is 6.70. The Morgan fingerprint density at radius 1 is 0.364 bits per heavy atom. The molecule has 3 aromatic rings. The van der Waals surface area contributed by atoms with Crippen molar-refractivity contribution < 1.29 is 58.3 Å². The Bertz CT molecular complexity index is 2290. The molecule has 420 valence electrons. The molecule has 0 heterocycles. The van der Waals surface area contributed by atoms with E-state index in [0.717, 1.165) is 130 Å². The highest BCUT2D eigenvalue weighted by Crippen LogP contribution is 2.33. The van der Waals surface area contributed by atoms with Crippen molar-refractivity contribution in [3.63, 3.8) is 0 Å². The molecular weight excluding hydrogens is 973 g/mol. The summed E-state index contributed by atoms with van der Waals surface area (Å²) in [7, 11) is 0. The van der Waals surface area contributed by atoms with Crippen LogP contribution in [-0.2, 0) is 28.6 Å². The Labute approximate surface area is 458 Å². The van der Waals surface area contributed by atoms with E-state index in [9.17, 15) is 28.8 Å². The summed E-state index contributed by atoms with van der Waals surface area (Å²) in [5, 5.41) is 25.9. The fourth-order valence-electron chi connectivity index (χ4n) is 10.4. The largest absolute Gasteiger partial charge is 0.478 e. The van der Waals surface area contributed by atoms with E-state index in [-0.39, 0.29) is 36.2 Å². The number of carbonyl (C=O) groups is 6. The number of esters is 3. The lowest BCUT2D eigenvalue weighted by molar-refractivity contribution is -0.132. The summed E-state index contributed by atoms with van der Waals surface area (Å²) in [4.78, 5) is 68.3. The first-order chi connectivity index (χ1) is 37.2. The number of benzene rings is 3. The molecule has 0 unspecified atom stereocenters. The standard InChI is InChI=1S/C23H32O4.C22H30O4.C20H26O4/c1-2-3-4-5-6-7-18-10-15-21(16-11-18)27-23(26)20-13-8-19(9-14-20)12-17-22(24)25;1-2-3-4-5-6-17-9-14-20(15-10-17)26-22(25)19-12-7-18(8-13-19)11-16-21(23)24;1-2-3-4-15-7-12-18(13-8-15)24-20(23)17-10-5-16(6-11-17)9-14-19(21)22/h8-9,12-14,17-18,21H,2-7,10-11,15-16H2,1H3,(H,24,25);7-8,11-13,16-17,20H,2-6,9-10,14-15H2,1H3,(H,23,24);5-6,9-11,14-15,18H,2-4,7-8,12-13H2,1H3,(H,21,22)/b17-12+;16-11+;14-9+. The molecule has 0 spiro atoms. The number of rotatable bonds is 26. The van der Waals surface area contributed by atoms with Gasteiger partial charge in [-0.05, 0) is 166 Å². The highest BCUT2D eigenvalue weighted by molar-refractivity contribution is 5.92. The molecule has 3 fully saturated rings. The topological polar surface area (TPSA) is 191 Å². The molecule has 0 aliphatic heterocycles. The predicted molar refractivity (Wildman–Crippen MR) is 304 cm³/mol. The number of carboxylic acid groups (broad SMARTS) is 3. The van der Waals surface area contributed by atoms with E-state index in [4.69, 9.17) is 29.5 Å². The van der Waals surface area contributed by atoms with E-state index in [2.05, 4.69) is 20.8 Å². The molecule has 3 aromatic carbocycles. The van der Waals surface area contributed by atoms with Crippen molar-refractivity contribution >= 4 is 54.0 Å². The molecule has 3 aliphatic carbocycles. The summed E-state index contributed by atoms with van der Waals surface area (Å²) >= 11 is 0. The van der Waals surface area contributed by atoms with Crippen LogP contribution in [0.25, 0.3) is 18.2 Å². The van der Waals surface area contributed by atoms with Crippen LogP contribution in [0.2, 0.25) is 0 Å². The van der Waals surface area contributed by atoms with Gasteiger partial charge in [0.15, 0.2) is 0 Å². The predicted octanol–water partition coefficient (Wildman–Crippen LogP) is 16.0. The lowest BCUT2D eigenvalue weighted by Crippen LogP contribution is -2.24.